The van der Waals surface area contributed by atoms with Gasteiger partial charge in [0, 0.05) is 30.7 Å². The Balaban J connectivity index is 1.58. The van der Waals surface area contributed by atoms with Gasteiger partial charge >= 0.3 is 0 Å². The van der Waals surface area contributed by atoms with Crippen LogP contribution in [-0.2, 0) is 20.0 Å². The Kier molecular flexibility index (Phi) is 4.59. The molecule has 2 aromatic heterocycles. The number of hydrogen-bond donors (Lipinski definition) is 0. The third-order valence-corrected chi connectivity index (χ3v) is 3.93. The van der Waals surface area contributed by atoms with Crippen molar-refractivity contribution in [2.45, 2.75) is 19.4 Å². The number of nitrogens with zero attached hydrogens (tertiary/aromatic N) is 2. The Morgan fingerprint density at radius 2 is 1.32 bits per heavy atom. The van der Waals surface area contributed by atoms with Crippen molar-refractivity contribution in [2.24, 2.45) is 7.05 Å². The lowest BCUT2D eigenvalue weighted by molar-refractivity contribution is -0.697. The van der Waals surface area contributed by atoms with E-state index in [9.17, 15) is 0 Å². The third-order valence-electron chi connectivity index (χ3n) is 3.93. The minimum Gasteiger partial charge on any atom is -0.208 e. The van der Waals surface area contributed by atoms with E-state index in [1.54, 1.807) is 0 Å². The summed E-state index contributed by atoms with van der Waals surface area (Å²) in [5.41, 5.74) is 3.94. The number of pyridine rings is 2. The molecular weight excluding hydrogens is 268 g/mol. The summed E-state index contributed by atoms with van der Waals surface area (Å²) in [4.78, 5) is 0. The van der Waals surface area contributed by atoms with Crippen molar-refractivity contribution in [1.82, 2.24) is 0 Å². The molecule has 0 atom stereocenters. The maximum absolute atomic E-state index is 2.26. The Bertz CT molecular complexity index is 701. The van der Waals surface area contributed by atoms with Crippen LogP contribution in [0.3, 0.4) is 0 Å². The molecule has 0 saturated heterocycles. The number of benzene rings is 1. The molecule has 0 fully saturated rings. The van der Waals surface area contributed by atoms with E-state index in [1.165, 1.54) is 16.7 Å². The smallest absolute Gasteiger partial charge is 0.169 e. The highest BCUT2D eigenvalue weighted by atomic mass is 14.9. The normalized spacial score (nSPS) is 10.6. The Labute approximate surface area is 132 Å². The molecule has 0 radical (unpaired) electrons. The van der Waals surface area contributed by atoms with Gasteiger partial charge in [-0.2, -0.15) is 0 Å². The van der Waals surface area contributed by atoms with Crippen LogP contribution in [-0.4, -0.2) is 0 Å². The van der Waals surface area contributed by atoms with Crippen molar-refractivity contribution in [3.05, 3.63) is 84.9 Å². The second kappa shape index (κ2) is 6.99. The van der Waals surface area contributed by atoms with Gasteiger partial charge in [0.1, 0.15) is 13.6 Å². The molecule has 2 nitrogen and oxygen atoms in total. The summed E-state index contributed by atoms with van der Waals surface area (Å²) in [7, 11) is 2.04. The van der Waals surface area contributed by atoms with Crippen LogP contribution >= 0.6 is 0 Å². The van der Waals surface area contributed by atoms with Crippen LogP contribution < -0.4 is 9.13 Å². The second-order valence-electron chi connectivity index (χ2n) is 5.67. The lowest BCUT2D eigenvalue weighted by Crippen LogP contribution is -2.32. The average Bonchev–Trinajstić information content (AvgIpc) is 2.57. The molecule has 2 heterocycles. The van der Waals surface area contributed by atoms with Gasteiger partial charge < -0.3 is 0 Å². The van der Waals surface area contributed by atoms with Crippen LogP contribution in [0.1, 0.15) is 12.0 Å². The van der Waals surface area contributed by atoms with E-state index in [1.807, 2.05) is 7.05 Å². The first kappa shape index (κ1) is 14.5. The highest BCUT2D eigenvalue weighted by molar-refractivity contribution is 5.60. The van der Waals surface area contributed by atoms with Crippen molar-refractivity contribution in [3.8, 4) is 11.1 Å². The quantitative estimate of drug-likeness (QED) is 0.638. The summed E-state index contributed by atoms with van der Waals surface area (Å²) in [6.45, 7) is 1.05. The summed E-state index contributed by atoms with van der Waals surface area (Å²) in [5, 5.41) is 0. The molecule has 0 N–H and O–H groups in total. The zero-order valence-electron chi connectivity index (χ0n) is 13.0. The van der Waals surface area contributed by atoms with Crippen LogP contribution in [0.4, 0.5) is 0 Å². The van der Waals surface area contributed by atoms with Crippen LogP contribution in [0.15, 0.2) is 79.4 Å². The summed E-state index contributed by atoms with van der Waals surface area (Å²) >= 11 is 0. The fraction of sp³-hybridized carbons (Fsp3) is 0.200. The van der Waals surface area contributed by atoms with Crippen molar-refractivity contribution in [3.63, 3.8) is 0 Å². The van der Waals surface area contributed by atoms with Crippen LogP contribution in [0.5, 0.6) is 0 Å². The van der Waals surface area contributed by atoms with Gasteiger partial charge in [0.15, 0.2) is 24.8 Å². The number of aromatic nitrogens is 2. The van der Waals surface area contributed by atoms with Gasteiger partial charge in [0.25, 0.3) is 0 Å². The molecule has 2 heteroatoms. The van der Waals surface area contributed by atoms with Crippen LogP contribution in [0, 0.1) is 0 Å². The topological polar surface area (TPSA) is 7.76 Å². The maximum Gasteiger partial charge on any atom is 0.169 e. The second-order valence-corrected chi connectivity index (χ2v) is 5.67. The zero-order chi connectivity index (χ0) is 15.2. The maximum atomic E-state index is 2.26. The molecule has 22 heavy (non-hydrogen) atoms. The van der Waals surface area contributed by atoms with Gasteiger partial charge in [0.2, 0.25) is 0 Å². The largest absolute Gasteiger partial charge is 0.208 e. The first-order valence-corrected chi connectivity index (χ1v) is 7.80. The third kappa shape index (κ3) is 3.79. The first-order valence-electron chi connectivity index (χ1n) is 7.80. The minimum absolute atomic E-state index is 1.05. The Hall–Kier alpha value is -2.48. The van der Waals surface area contributed by atoms with Crippen LogP contribution in [0.25, 0.3) is 11.1 Å². The molecule has 0 spiro atoms. The summed E-state index contributed by atoms with van der Waals surface area (Å²) in [6.07, 6.45) is 10.8. The Morgan fingerprint density at radius 1 is 0.727 bits per heavy atom. The summed E-state index contributed by atoms with van der Waals surface area (Å²) in [6, 6.07) is 19.4. The van der Waals surface area contributed by atoms with Crippen molar-refractivity contribution in [2.75, 3.05) is 0 Å². The van der Waals surface area contributed by atoms with Gasteiger partial charge in [-0.05, 0) is 23.1 Å². The lowest BCUT2D eigenvalue weighted by Gasteiger charge is -2.01. The molecule has 0 aliphatic rings. The predicted molar refractivity (Wildman–Crippen MR) is 88.0 cm³/mol. The minimum atomic E-state index is 1.05. The van der Waals surface area contributed by atoms with Crippen molar-refractivity contribution >= 4 is 0 Å². The van der Waals surface area contributed by atoms with E-state index >= 15 is 0 Å². The van der Waals surface area contributed by atoms with Crippen molar-refractivity contribution < 1.29 is 9.13 Å². The molecule has 110 valence electrons. The van der Waals surface area contributed by atoms with Gasteiger partial charge in [-0.25, -0.2) is 9.13 Å². The molecule has 0 aliphatic carbocycles. The lowest BCUT2D eigenvalue weighted by atomic mass is 10.1. The molecule has 1 aromatic carbocycles. The molecular formula is C20H22N2+2. The number of aryl methyl sites for hydroxylation is 3. The van der Waals surface area contributed by atoms with E-state index in [-0.39, 0.29) is 0 Å². The van der Waals surface area contributed by atoms with Crippen LogP contribution in [0.2, 0.25) is 0 Å². The molecule has 0 bridgehead atoms. The monoisotopic (exact) mass is 290 g/mol. The molecule has 0 aliphatic heterocycles. The molecule has 0 amide bonds. The number of rotatable bonds is 5. The van der Waals surface area contributed by atoms with E-state index in [0.29, 0.717) is 0 Å². The fourth-order valence-electron chi connectivity index (χ4n) is 2.60. The molecule has 3 aromatic rings. The van der Waals surface area contributed by atoms with Gasteiger partial charge in [-0.15, -0.1) is 0 Å². The standard InChI is InChI=1S/C20H22N2/c1-21-14-9-19(10-15-21)20-11-16-22(17-12-20)13-5-8-18-6-3-2-4-7-18/h2-4,6-7,9-12,14-17H,5,8,13H2,1H3/q+2. The van der Waals surface area contributed by atoms with E-state index < -0.39 is 0 Å². The highest BCUT2D eigenvalue weighted by Crippen LogP contribution is 2.15. The Morgan fingerprint density at radius 3 is 1.95 bits per heavy atom. The van der Waals surface area contributed by atoms with Gasteiger partial charge in [-0.3, -0.25) is 0 Å². The van der Waals surface area contributed by atoms with E-state index in [4.69, 9.17) is 0 Å². The van der Waals surface area contributed by atoms with Crippen molar-refractivity contribution in [1.29, 1.82) is 0 Å². The highest BCUT2D eigenvalue weighted by Gasteiger charge is 2.04. The van der Waals surface area contributed by atoms with Gasteiger partial charge in [0.05, 0.1) is 0 Å². The predicted octanol–water partition coefficient (Wildman–Crippen LogP) is 3.10. The summed E-state index contributed by atoms with van der Waals surface area (Å²) in [5.74, 6) is 0. The molecule has 3 rings (SSSR count). The SMILES string of the molecule is C[n+]1ccc(-c2cc[n+](CCCc3ccccc3)cc2)cc1. The molecule has 0 unspecified atom stereocenters. The fourth-order valence-corrected chi connectivity index (χ4v) is 2.60. The first-order chi connectivity index (χ1) is 10.8. The number of hydrogen-bond acceptors (Lipinski definition) is 0. The molecule has 0 saturated carbocycles. The van der Waals surface area contributed by atoms with E-state index in [0.717, 1.165) is 19.4 Å². The van der Waals surface area contributed by atoms with Gasteiger partial charge in [-0.1, -0.05) is 30.3 Å². The summed E-state index contributed by atoms with van der Waals surface area (Å²) < 4.78 is 4.31. The zero-order valence-corrected chi connectivity index (χ0v) is 13.0. The van der Waals surface area contributed by atoms with E-state index in [2.05, 4.69) is 88.5 Å². The average molecular weight is 290 g/mol.